The van der Waals surface area contributed by atoms with Gasteiger partial charge in [-0.15, -0.1) is 0 Å². The molecule has 0 fully saturated rings. The van der Waals surface area contributed by atoms with Gasteiger partial charge in [0.25, 0.3) is 5.24 Å². The second-order valence-electron chi connectivity index (χ2n) is 9.33. The van der Waals surface area contributed by atoms with Gasteiger partial charge in [0.2, 0.25) is 0 Å². The van der Waals surface area contributed by atoms with Crippen molar-refractivity contribution in [2.24, 2.45) is 4.99 Å². The van der Waals surface area contributed by atoms with Crippen LogP contribution in [0.15, 0.2) is 46.3 Å². The Bertz CT molecular complexity index is 1010. The smallest absolute Gasteiger partial charge is 0.286 e. The van der Waals surface area contributed by atoms with Gasteiger partial charge in [0.15, 0.2) is 0 Å². The van der Waals surface area contributed by atoms with Gasteiger partial charge in [-0.05, 0) is 57.5 Å². The van der Waals surface area contributed by atoms with Crippen LogP contribution in [0.25, 0.3) is 0 Å². The SMILES string of the molecule is CN(C)C(=O)Sc1cc2c(c3c1OC(C)(C)C3)C(c1ccccc1)=NC(C)(C)C2. The maximum Gasteiger partial charge on any atom is 0.286 e. The van der Waals surface area contributed by atoms with E-state index in [0.717, 1.165) is 34.8 Å². The predicted molar refractivity (Wildman–Crippen MR) is 120 cm³/mol. The van der Waals surface area contributed by atoms with Gasteiger partial charge < -0.3 is 9.64 Å². The first-order valence-electron chi connectivity index (χ1n) is 9.99. The fraction of sp³-hybridized carbons (Fsp3) is 0.417. The second kappa shape index (κ2) is 6.91. The van der Waals surface area contributed by atoms with Crippen LogP contribution < -0.4 is 4.74 Å². The molecule has 0 saturated heterocycles. The number of benzene rings is 2. The highest BCUT2D eigenvalue weighted by Gasteiger charge is 2.39. The summed E-state index contributed by atoms with van der Waals surface area (Å²) in [5, 5.41) is 0.00692. The zero-order valence-corrected chi connectivity index (χ0v) is 18.8. The van der Waals surface area contributed by atoms with Crippen LogP contribution in [-0.2, 0) is 12.8 Å². The lowest BCUT2D eigenvalue weighted by Crippen LogP contribution is -2.30. The maximum atomic E-state index is 12.5. The molecule has 0 bridgehead atoms. The minimum Gasteiger partial charge on any atom is -0.486 e. The molecule has 0 N–H and O–H groups in total. The van der Waals surface area contributed by atoms with Crippen molar-refractivity contribution in [2.75, 3.05) is 14.1 Å². The van der Waals surface area contributed by atoms with Crippen LogP contribution in [-0.4, -0.2) is 41.1 Å². The van der Waals surface area contributed by atoms with Gasteiger partial charge >= 0.3 is 0 Å². The van der Waals surface area contributed by atoms with E-state index < -0.39 is 0 Å². The van der Waals surface area contributed by atoms with Crippen LogP contribution in [0, 0.1) is 0 Å². The number of carbonyl (C=O) groups is 1. The van der Waals surface area contributed by atoms with Gasteiger partial charge in [0.1, 0.15) is 11.4 Å². The molecule has 5 heteroatoms. The van der Waals surface area contributed by atoms with E-state index in [-0.39, 0.29) is 16.4 Å². The van der Waals surface area contributed by atoms with Crippen LogP contribution in [0.4, 0.5) is 4.79 Å². The van der Waals surface area contributed by atoms with E-state index >= 15 is 0 Å². The Morgan fingerprint density at radius 3 is 2.45 bits per heavy atom. The molecular weight excluding hydrogens is 380 g/mol. The number of hydrogen-bond acceptors (Lipinski definition) is 4. The quantitative estimate of drug-likeness (QED) is 0.630. The van der Waals surface area contributed by atoms with E-state index in [4.69, 9.17) is 9.73 Å². The third kappa shape index (κ3) is 3.80. The first-order chi connectivity index (χ1) is 13.6. The second-order valence-corrected chi connectivity index (χ2v) is 10.3. The molecule has 2 aromatic rings. The Morgan fingerprint density at radius 2 is 1.79 bits per heavy atom. The van der Waals surface area contributed by atoms with E-state index in [1.54, 1.807) is 19.0 Å². The highest BCUT2D eigenvalue weighted by molar-refractivity contribution is 8.13. The summed E-state index contributed by atoms with van der Waals surface area (Å²) in [6.07, 6.45) is 1.65. The number of aliphatic imine (C=N–C) groups is 1. The molecule has 2 aliphatic heterocycles. The van der Waals surface area contributed by atoms with Crippen LogP contribution in [0.1, 0.15) is 49.9 Å². The maximum absolute atomic E-state index is 12.5. The van der Waals surface area contributed by atoms with Crippen molar-refractivity contribution in [3.63, 3.8) is 0 Å². The molecule has 4 nitrogen and oxygen atoms in total. The first-order valence-corrected chi connectivity index (χ1v) is 10.8. The largest absolute Gasteiger partial charge is 0.486 e. The fourth-order valence-electron chi connectivity index (χ4n) is 4.14. The highest BCUT2D eigenvalue weighted by atomic mass is 32.2. The van der Waals surface area contributed by atoms with Crippen molar-refractivity contribution in [3.8, 4) is 5.75 Å². The van der Waals surface area contributed by atoms with E-state index in [9.17, 15) is 4.79 Å². The number of ether oxygens (including phenoxy) is 1. The van der Waals surface area contributed by atoms with E-state index in [1.807, 2.05) is 6.07 Å². The third-order valence-electron chi connectivity index (χ3n) is 5.29. The van der Waals surface area contributed by atoms with E-state index in [1.165, 1.54) is 28.5 Å². The highest BCUT2D eigenvalue weighted by Crippen LogP contribution is 2.48. The summed E-state index contributed by atoms with van der Waals surface area (Å²) in [6, 6.07) is 12.5. The summed E-state index contributed by atoms with van der Waals surface area (Å²) >= 11 is 1.25. The number of thioether (sulfide) groups is 1. The molecular formula is C24H28N2O2S. The van der Waals surface area contributed by atoms with Gasteiger partial charge in [-0.1, -0.05) is 30.3 Å². The minimum absolute atomic E-state index is 0.00692. The van der Waals surface area contributed by atoms with Crippen molar-refractivity contribution in [3.05, 3.63) is 58.7 Å². The van der Waals surface area contributed by atoms with Gasteiger partial charge in [-0.25, -0.2) is 0 Å². The summed E-state index contributed by atoms with van der Waals surface area (Å²) in [5.41, 5.74) is 5.27. The Kier molecular flexibility index (Phi) is 4.77. The standard InChI is InChI=1S/C24H28N2O2S/c1-23(2)13-16-12-18(29-22(27)26(5)6)21-17(14-24(3,4)28-21)19(16)20(25-23)15-10-8-7-9-11-15/h7-12H,13-14H2,1-6H3. The predicted octanol–water partition coefficient (Wildman–Crippen LogP) is 5.35. The van der Waals surface area contributed by atoms with Gasteiger partial charge in [0.05, 0.1) is 16.1 Å². The molecule has 0 radical (unpaired) electrons. The zero-order valence-electron chi connectivity index (χ0n) is 18.0. The van der Waals surface area contributed by atoms with Crippen LogP contribution in [0.3, 0.4) is 0 Å². The molecule has 0 atom stereocenters. The molecule has 0 aromatic heterocycles. The Hall–Kier alpha value is -2.27. The molecule has 152 valence electrons. The van der Waals surface area contributed by atoms with Crippen molar-refractivity contribution >= 4 is 22.7 Å². The molecule has 0 aliphatic carbocycles. The molecule has 29 heavy (non-hydrogen) atoms. The van der Waals surface area contributed by atoms with Crippen LogP contribution in [0.5, 0.6) is 5.75 Å². The lowest BCUT2D eigenvalue weighted by molar-refractivity contribution is 0.135. The third-order valence-corrected chi connectivity index (χ3v) is 6.35. The van der Waals surface area contributed by atoms with E-state index in [2.05, 4.69) is 58.0 Å². The average Bonchev–Trinajstić information content (AvgIpc) is 2.96. The van der Waals surface area contributed by atoms with Crippen molar-refractivity contribution < 1.29 is 9.53 Å². The molecule has 2 aliphatic rings. The van der Waals surface area contributed by atoms with Crippen molar-refractivity contribution in [1.29, 1.82) is 0 Å². The molecule has 1 amide bonds. The van der Waals surface area contributed by atoms with Crippen molar-refractivity contribution in [2.45, 2.75) is 56.6 Å². The van der Waals surface area contributed by atoms with E-state index in [0.29, 0.717) is 0 Å². The summed E-state index contributed by atoms with van der Waals surface area (Å²) in [6.45, 7) is 8.55. The minimum atomic E-state index is -0.303. The molecule has 0 spiro atoms. The Balaban J connectivity index is 1.94. The number of carbonyl (C=O) groups excluding carboxylic acids is 1. The number of hydrogen-bond donors (Lipinski definition) is 0. The van der Waals surface area contributed by atoms with Gasteiger partial charge in [0, 0.05) is 37.2 Å². The molecule has 0 saturated carbocycles. The van der Waals surface area contributed by atoms with Crippen LogP contribution >= 0.6 is 11.8 Å². The monoisotopic (exact) mass is 408 g/mol. The average molecular weight is 409 g/mol. The van der Waals surface area contributed by atoms with Crippen LogP contribution in [0.2, 0.25) is 0 Å². The zero-order chi connectivity index (χ0) is 21.0. The summed E-state index contributed by atoms with van der Waals surface area (Å²) in [4.78, 5) is 20.1. The lowest BCUT2D eigenvalue weighted by Gasteiger charge is -2.31. The normalized spacial score (nSPS) is 18.3. The number of nitrogens with zero attached hydrogens (tertiary/aromatic N) is 2. The topological polar surface area (TPSA) is 41.9 Å². The number of fused-ring (bicyclic) bond motifs is 3. The fourth-order valence-corrected chi connectivity index (χ4v) is 4.96. The Labute approximate surface area is 177 Å². The number of amides is 1. The molecule has 4 rings (SSSR count). The lowest BCUT2D eigenvalue weighted by atomic mass is 9.81. The molecule has 2 heterocycles. The summed E-state index contributed by atoms with van der Waals surface area (Å²) < 4.78 is 6.36. The first kappa shape index (κ1) is 20.0. The van der Waals surface area contributed by atoms with Gasteiger partial charge in [-0.2, -0.15) is 0 Å². The molecule has 2 aromatic carbocycles. The summed E-state index contributed by atoms with van der Waals surface area (Å²) in [7, 11) is 3.56. The Morgan fingerprint density at radius 1 is 1.10 bits per heavy atom. The van der Waals surface area contributed by atoms with Gasteiger partial charge in [-0.3, -0.25) is 9.79 Å². The van der Waals surface area contributed by atoms with Crippen molar-refractivity contribution in [1.82, 2.24) is 4.90 Å². The number of rotatable bonds is 2. The summed E-state index contributed by atoms with van der Waals surface area (Å²) in [5.74, 6) is 0.845. The molecule has 0 unspecified atom stereocenters.